The lowest BCUT2D eigenvalue weighted by atomic mass is 10.2. The van der Waals surface area contributed by atoms with Gasteiger partial charge >= 0.3 is 0 Å². The van der Waals surface area contributed by atoms with Gasteiger partial charge in [0, 0.05) is 31.0 Å². The predicted octanol–water partition coefficient (Wildman–Crippen LogP) is 3.87. The molecule has 4 rings (SSSR count). The molecule has 0 N–H and O–H groups in total. The Labute approximate surface area is 154 Å². The monoisotopic (exact) mass is 369 g/mol. The molecule has 0 amide bonds. The fraction of sp³-hybridized carbons (Fsp3) is 0.350. The highest BCUT2D eigenvalue weighted by molar-refractivity contribution is 7.89. The Kier molecular flexibility index (Phi) is 4.54. The minimum atomic E-state index is -3.45. The van der Waals surface area contributed by atoms with Gasteiger partial charge in [-0.3, -0.25) is 0 Å². The van der Waals surface area contributed by atoms with Crippen LogP contribution >= 0.6 is 0 Å². The van der Waals surface area contributed by atoms with Crippen molar-refractivity contribution in [3.63, 3.8) is 0 Å². The first-order chi connectivity index (χ1) is 12.5. The van der Waals surface area contributed by atoms with E-state index in [1.807, 2.05) is 41.9 Å². The van der Waals surface area contributed by atoms with E-state index in [1.165, 1.54) is 0 Å². The zero-order valence-electron chi connectivity index (χ0n) is 14.9. The quantitative estimate of drug-likeness (QED) is 0.704. The first-order valence-corrected chi connectivity index (χ1v) is 10.5. The molecule has 0 bridgehead atoms. The molecule has 1 aliphatic rings. The predicted molar refractivity (Wildman–Crippen MR) is 103 cm³/mol. The average Bonchev–Trinajstić information content (AvgIpc) is 2.86. The highest BCUT2D eigenvalue weighted by Crippen LogP contribution is 2.26. The molecule has 1 saturated heterocycles. The standard InChI is InChI=1S/C20H23N3O2S/c1-16-9-10-20-21-19(15-22(20)14-16)17-7-6-8-18(13-17)26(24,25)23-11-4-2-3-5-12-23/h6-10,13-15H,2-5,11-12H2,1H3. The second-order valence-corrected chi connectivity index (χ2v) is 8.88. The van der Waals surface area contributed by atoms with Crippen molar-refractivity contribution in [2.24, 2.45) is 0 Å². The Balaban J connectivity index is 1.71. The molecule has 26 heavy (non-hydrogen) atoms. The average molecular weight is 369 g/mol. The molecule has 136 valence electrons. The maximum absolute atomic E-state index is 13.0. The van der Waals surface area contributed by atoms with Gasteiger partial charge in [-0.2, -0.15) is 4.31 Å². The van der Waals surface area contributed by atoms with Crippen molar-refractivity contribution < 1.29 is 8.42 Å². The van der Waals surface area contributed by atoms with Crippen molar-refractivity contribution in [1.29, 1.82) is 0 Å². The van der Waals surface area contributed by atoms with Gasteiger partial charge in [-0.05, 0) is 43.5 Å². The molecule has 3 heterocycles. The molecule has 0 radical (unpaired) electrons. The van der Waals surface area contributed by atoms with E-state index in [9.17, 15) is 8.42 Å². The van der Waals surface area contributed by atoms with Crippen molar-refractivity contribution in [2.45, 2.75) is 37.5 Å². The number of aryl methyl sites for hydroxylation is 1. The van der Waals surface area contributed by atoms with Gasteiger partial charge in [-0.1, -0.05) is 31.0 Å². The van der Waals surface area contributed by atoms with Crippen LogP contribution in [0.5, 0.6) is 0 Å². The summed E-state index contributed by atoms with van der Waals surface area (Å²) >= 11 is 0. The van der Waals surface area contributed by atoms with Crippen molar-refractivity contribution in [2.75, 3.05) is 13.1 Å². The maximum Gasteiger partial charge on any atom is 0.243 e. The summed E-state index contributed by atoms with van der Waals surface area (Å²) in [5.41, 5.74) is 3.61. The molecule has 6 heteroatoms. The van der Waals surface area contributed by atoms with Gasteiger partial charge in [-0.15, -0.1) is 0 Å². The van der Waals surface area contributed by atoms with Crippen LogP contribution in [-0.4, -0.2) is 35.2 Å². The van der Waals surface area contributed by atoms with Crippen LogP contribution in [0.2, 0.25) is 0 Å². The van der Waals surface area contributed by atoms with Crippen LogP contribution < -0.4 is 0 Å². The van der Waals surface area contributed by atoms with Crippen LogP contribution in [0.4, 0.5) is 0 Å². The Morgan fingerprint density at radius 1 is 0.962 bits per heavy atom. The van der Waals surface area contributed by atoms with Crippen molar-refractivity contribution in [1.82, 2.24) is 13.7 Å². The highest BCUT2D eigenvalue weighted by atomic mass is 32.2. The summed E-state index contributed by atoms with van der Waals surface area (Å²) in [6, 6.07) is 11.1. The molecule has 1 fully saturated rings. The Bertz CT molecular complexity index is 1030. The molecular formula is C20H23N3O2S. The van der Waals surface area contributed by atoms with Gasteiger partial charge in [0.15, 0.2) is 0 Å². The van der Waals surface area contributed by atoms with Gasteiger partial charge < -0.3 is 4.40 Å². The smallest absolute Gasteiger partial charge is 0.243 e. The Hall–Kier alpha value is -2.18. The number of imidazole rings is 1. The molecule has 2 aromatic heterocycles. The maximum atomic E-state index is 13.0. The van der Waals surface area contributed by atoms with Gasteiger partial charge in [0.2, 0.25) is 10.0 Å². The van der Waals surface area contributed by atoms with Crippen LogP contribution in [0, 0.1) is 6.92 Å². The van der Waals surface area contributed by atoms with E-state index < -0.39 is 10.0 Å². The van der Waals surface area contributed by atoms with E-state index in [2.05, 4.69) is 4.98 Å². The molecule has 1 aromatic carbocycles. The van der Waals surface area contributed by atoms with E-state index in [0.29, 0.717) is 18.0 Å². The van der Waals surface area contributed by atoms with Crippen molar-refractivity contribution in [3.05, 3.63) is 54.4 Å². The third kappa shape index (κ3) is 3.27. The van der Waals surface area contributed by atoms with E-state index in [0.717, 1.165) is 48.2 Å². The molecule has 0 aliphatic carbocycles. The SMILES string of the molecule is Cc1ccc2nc(-c3cccc(S(=O)(=O)N4CCCCCC4)c3)cn2c1. The zero-order chi connectivity index (χ0) is 18.1. The molecule has 3 aromatic rings. The number of rotatable bonds is 3. The van der Waals surface area contributed by atoms with Crippen LogP contribution in [0.15, 0.2) is 53.7 Å². The second-order valence-electron chi connectivity index (χ2n) is 6.94. The second kappa shape index (κ2) is 6.85. The summed E-state index contributed by atoms with van der Waals surface area (Å²) in [6.45, 7) is 3.26. The number of hydrogen-bond acceptors (Lipinski definition) is 3. The molecule has 1 aliphatic heterocycles. The first-order valence-electron chi connectivity index (χ1n) is 9.10. The molecule has 0 unspecified atom stereocenters. The summed E-state index contributed by atoms with van der Waals surface area (Å²) in [7, 11) is -3.45. The Morgan fingerprint density at radius 3 is 2.50 bits per heavy atom. The first kappa shape index (κ1) is 17.2. The summed E-state index contributed by atoms with van der Waals surface area (Å²) < 4.78 is 29.7. The topological polar surface area (TPSA) is 54.7 Å². The number of aromatic nitrogens is 2. The van der Waals surface area contributed by atoms with Crippen LogP contribution in [0.3, 0.4) is 0 Å². The fourth-order valence-electron chi connectivity index (χ4n) is 3.49. The van der Waals surface area contributed by atoms with E-state index in [4.69, 9.17) is 0 Å². The van der Waals surface area contributed by atoms with Crippen LogP contribution in [0.1, 0.15) is 31.2 Å². The lowest BCUT2D eigenvalue weighted by Crippen LogP contribution is -2.31. The van der Waals surface area contributed by atoms with Gasteiger partial charge in [0.25, 0.3) is 0 Å². The largest absolute Gasteiger partial charge is 0.306 e. The number of nitrogens with zero attached hydrogens (tertiary/aromatic N) is 3. The van der Waals surface area contributed by atoms with E-state index in [-0.39, 0.29) is 0 Å². The number of fused-ring (bicyclic) bond motifs is 1. The van der Waals surface area contributed by atoms with E-state index >= 15 is 0 Å². The molecule has 0 saturated carbocycles. The number of hydrogen-bond donors (Lipinski definition) is 0. The molecule has 0 spiro atoms. The molecular weight excluding hydrogens is 346 g/mol. The summed E-state index contributed by atoms with van der Waals surface area (Å²) in [5.74, 6) is 0. The number of sulfonamides is 1. The molecule has 0 atom stereocenters. The normalized spacial score (nSPS) is 16.7. The lowest BCUT2D eigenvalue weighted by molar-refractivity contribution is 0.424. The third-order valence-electron chi connectivity index (χ3n) is 4.93. The molecule has 5 nitrogen and oxygen atoms in total. The summed E-state index contributed by atoms with van der Waals surface area (Å²) in [6.07, 6.45) is 8.04. The summed E-state index contributed by atoms with van der Waals surface area (Å²) in [4.78, 5) is 4.98. The van der Waals surface area contributed by atoms with Gasteiger partial charge in [0.1, 0.15) is 5.65 Å². The minimum absolute atomic E-state index is 0.352. The van der Waals surface area contributed by atoms with Crippen molar-refractivity contribution in [3.8, 4) is 11.3 Å². The zero-order valence-corrected chi connectivity index (χ0v) is 15.7. The van der Waals surface area contributed by atoms with Crippen LogP contribution in [0.25, 0.3) is 16.9 Å². The van der Waals surface area contributed by atoms with Gasteiger partial charge in [-0.25, -0.2) is 13.4 Å². The highest BCUT2D eigenvalue weighted by Gasteiger charge is 2.25. The Morgan fingerprint density at radius 2 is 1.73 bits per heavy atom. The number of pyridine rings is 1. The van der Waals surface area contributed by atoms with E-state index in [1.54, 1.807) is 22.5 Å². The summed E-state index contributed by atoms with van der Waals surface area (Å²) in [5, 5.41) is 0. The fourth-order valence-corrected chi connectivity index (χ4v) is 5.05. The number of benzene rings is 1. The van der Waals surface area contributed by atoms with Crippen molar-refractivity contribution >= 4 is 15.7 Å². The third-order valence-corrected chi connectivity index (χ3v) is 6.83. The minimum Gasteiger partial charge on any atom is -0.306 e. The lowest BCUT2D eigenvalue weighted by Gasteiger charge is -2.20. The van der Waals surface area contributed by atoms with Gasteiger partial charge in [0.05, 0.1) is 10.6 Å². The van der Waals surface area contributed by atoms with Crippen LogP contribution in [-0.2, 0) is 10.0 Å².